The van der Waals surface area contributed by atoms with Gasteiger partial charge < -0.3 is 11.1 Å². The number of nitrogens with two attached hydrogens (primary N) is 1. The molecular formula is C8H10BrF3N4O. The molecule has 0 saturated carbocycles. The van der Waals surface area contributed by atoms with Gasteiger partial charge in [-0.3, -0.25) is 4.79 Å². The van der Waals surface area contributed by atoms with Crippen LogP contribution in [0.4, 0.5) is 18.9 Å². The number of nitrogens with one attached hydrogen (secondary N) is 1. The molecule has 0 spiro atoms. The average Bonchev–Trinajstić information content (AvgIpc) is 2.22. The van der Waals surface area contributed by atoms with E-state index in [1.54, 1.807) is 0 Å². The molecule has 3 N–H and O–H groups in total. The van der Waals surface area contributed by atoms with Crippen molar-refractivity contribution in [2.45, 2.75) is 12.7 Å². The predicted octanol–water partition coefficient (Wildman–Crippen LogP) is 0.939. The summed E-state index contributed by atoms with van der Waals surface area (Å²) in [5.41, 5.74) is 4.72. The van der Waals surface area contributed by atoms with Crippen LogP contribution in [0.3, 0.4) is 0 Å². The van der Waals surface area contributed by atoms with E-state index in [0.29, 0.717) is 23.5 Å². The van der Waals surface area contributed by atoms with Crippen LogP contribution in [-0.2, 0) is 6.54 Å². The Labute approximate surface area is 103 Å². The van der Waals surface area contributed by atoms with Gasteiger partial charge in [-0.25, -0.2) is 4.68 Å². The fourth-order valence-corrected chi connectivity index (χ4v) is 1.52. The smallest absolute Gasteiger partial charge is 0.381 e. The molecule has 0 saturated heterocycles. The second-order valence-electron chi connectivity index (χ2n) is 3.17. The van der Waals surface area contributed by atoms with Crippen LogP contribution in [0.5, 0.6) is 0 Å². The number of hydrogen-bond donors (Lipinski definition) is 2. The van der Waals surface area contributed by atoms with Gasteiger partial charge in [0, 0.05) is 13.1 Å². The minimum atomic E-state index is -4.48. The summed E-state index contributed by atoms with van der Waals surface area (Å²) in [5, 5.41) is 6.19. The number of hydrogen-bond acceptors (Lipinski definition) is 4. The van der Waals surface area contributed by atoms with Gasteiger partial charge in [-0.1, -0.05) is 0 Å². The van der Waals surface area contributed by atoms with Crippen molar-refractivity contribution in [1.82, 2.24) is 9.78 Å². The van der Waals surface area contributed by atoms with Crippen LogP contribution >= 0.6 is 15.9 Å². The Hall–Kier alpha value is -1.09. The standard InChI is InChI=1S/C8H10BrF3N4O/c9-6-5(14-2-1-13)3-15-16(7(6)17)4-8(10,11)12/h3,14H,1-2,4,13H2. The van der Waals surface area contributed by atoms with E-state index in [1.807, 2.05) is 0 Å². The molecule has 5 nitrogen and oxygen atoms in total. The Bertz CT molecular complexity index is 445. The fraction of sp³-hybridized carbons (Fsp3) is 0.500. The minimum Gasteiger partial charge on any atom is -0.381 e. The SMILES string of the molecule is NCCNc1cnn(CC(F)(F)F)c(=O)c1Br. The quantitative estimate of drug-likeness (QED) is 0.867. The molecule has 0 atom stereocenters. The second kappa shape index (κ2) is 5.50. The highest BCUT2D eigenvalue weighted by molar-refractivity contribution is 9.10. The molecule has 0 aromatic carbocycles. The van der Waals surface area contributed by atoms with Gasteiger partial charge in [-0.05, 0) is 15.9 Å². The number of aromatic nitrogens is 2. The molecule has 0 aliphatic carbocycles. The van der Waals surface area contributed by atoms with Gasteiger partial charge in [0.15, 0.2) is 0 Å². The molecule has 9 heteroatoms. The zero-order valence-electron chi connectivity index (χ0n) is 8.59. The molecule has 1 rings (SSSR count). The molecule has 0 radical (unpaired) electrons. The number of anilines is 1. The van der Waals surface area contributed by atoms with E-state index in [0.717, 1.165) is 6.20 Å². The van der Waals surface area contributed by atoms with E-state index in [4.69, 9.17) is 5.73 Å². The monoisotopic (exact) mass is 314 g/mol. The zero-order valence-corrected chi connectivity index (χ0v) is 10.2. The van der Waals surface area contributed by atoms with E-state index >= 15 is 0 Å². The first-order valence-electron chi connectivity index (χ1n) is 4.61. The fourth-order valence-electron chi connectivity index (χ4n) is 1.08. The molecule has 1 aromatic heterocycles. The summed E-state index contributed by atoms with van der Waals surface area (Å²) in [6.45, 7) is -0.692. The maximum Gasteiger partial charge on any atom is 0.408 e. The Kier molecular flexibility index (Phi) is 4.52. The van der Waals surface area contributed by atoms with E-state index in [-0.39, 0.29) is 4.47 Å². The van der Waals surface area contributed by atoms with Crippen LogP contribution in [0.1, 0.15) is 0 Å². The van der Waals surface area contributed by atoms with Gasteiger partial charge in [0.2, 0.25) is 0 Å². The molecule has 0 bridgehead atoms. The molecule has 96 valence electrons. The highest BCUT2D eigenvalue weighted by atomic mass is 79.9. The van der Waals surface area contributed by atoms with Crippen molar-refractivity contribution in [3.63, 3.8) is 0 Å². The maximum absolute atomic E-state index is 12.1. The maximum atomic E-state index is 12.1. The third-order valence-electron chi connectivity index (χ3n) is 1.77. The Balaban J connectivity index is 2.99. The van der Waals surface area contributed by atoms with Crippen LogP contribution < -0.4 is 16.6 Å². The van der Waals surface area contributed by atoms with Crippen LogP contribution in [0.25, 0.3) is 0 Å². The van der Waals surface area contributed by atoms with Gasteiger partial charge in [-0.2, -0.15) is 18.3 Å². The lowest BCUT2D eigenvalue weighted by molar-refractivity contribution is -0.143. The van der Waals surface area contributed by atoms with Crippen molar-refractivity contribution < 1.29 is 13.2 Å². The normalized spacial score (nSPS) is 11.6. The number of nitrogens with zero attached hydrogens (tertiary/aromatic N) is 2. The first kappa shape index (κ1) is 14.0. The predicted molar refractivity (Wildman–Crippen MR) is 59.8 cm³/mol. The van der Waals surface area contributed by atoms with Crippen molar-refractivity contribution >= 4 is 21.6 Å². The van der Waals surface area contributed by atoms with Gasteiger partial charge in [0.1, 0.15) is 11.0 Å². The lowest BCUT2D eigenvalue weighted by atomic mass is 10.4. The van der Waals surface area contributed by atoms with Crippen molar-refractivity contribution in [2.75, 3.05) is 18.4 Å². The minimum absolute atomic E-state index is 0.00481. The largest absolute Gasteiger partial charge is 0.408 e. The summed E-state index contributed by atoms with van der Waals surface area (Å²) in [7, 11) is 0. The summed E-state index contributed by atoms with van der Waals surface area (Å²) in [5.74, 6) is 0. The summed E-state index contributed by atoms with van der Waals surface area (Å²) in [6.07, 6.45) is -3.34. The summed E-state index contributed by atoms with van der Waals surface area (Å²) in [6, 6.07) is 0. The zero-order chi connectivity index (χ0) is 13.1. The molecule has 0 unspecified atom stereocenters. The van der Waals surface area contributed by atoms with Crippen LogP contribution in [0.2, 0.25) is 0 Å². The summed E-state index contributed by atoms with van der Waals surface area (Å²) >= 11 is 2.92. The topological polar surface area (TPSA) is 72.9 Å². The van der Waals surface area contributed by atoms with Crippen LogP contribution in [0.15, 0.2) is 15.5 Å². The average molecular weight is 315 g/mol. The Morgan fingerprint density at radius 3 is 2.71 bits per heavy atom. The first-order valence-corrected chi connectivity index (χ1v) is 5.41. The lowest BCUT2D eigenvalue weighted by Crippen LogP contribution is -2.31. The van der Waals surface area contributed by atoms with Crippen LogP contribution in [0, 0.1) is 0 Å². The third kappa shape index (κ3) is 4.00. The molecule has 0 aliphatic heterocycles. The van der Waals surface area contributed by atoms with Crippen molar-refractivity contribution in [3.8, 4) is 0 Å². The lowest BCUT2D eigenvalue weighted by Gasteiger charge is -2.11. The number of halogens is 4. The first-order chi connectivity index (χ1) is 7.85. The molecule has 0 aliphatic rings. The van der Waals surface area contributed by atoms with Crippen molar-refractivity contribution in [3.05, 3.63) is 21.0 Å². The van der Waals surface area contributed by atoms with Crippen molar-refractivity contribution in [1.29, 1.82) is 0 Å². The highest BCUT2D eigenvalue weighted by Gasteiger charge is 2.29. The Morgan fingerprint density at radius 2 is 2.18 bits per heavy atom. The van der Waals surface area contributed by atoms with Crippen molar-refractivity contribution in [2.24, 2.45) is 5.73 Å². The molecule has 1 aromatic rings. The Morgan fingerprint density at radius 1 is 1.53 bits per heavy atom. The van der Waals surface area contributed by atoms with E-state index in [9.17, 15) is 18.0 Å². The molecule has 17 heavy (non-hydrogen) atoms. The molecule has 0 amide bonds. The number of rotatable bonds is 4. The second-order valence-corrected chi connectivity index (χ2v) is 3.96. The van der Waals surface area contributed by atoms with E-state index in [2.05, 4.69) is 26.3 Å². The van der Waals surface area contributed by atoms with E-state index < -0.39 is 18.3 Å². The van der Waals surface area contributed by atoms with Gasteiger partial charge in [0.05, 0.1) is 11.9 Å². The van der Waals surface area contributed by atoms with Gasteiger partial charge >= 0.3 is 6.18 Å². The summed E-state index contributed by atoms with van der Waals surface area (Å²) in [4.78, 5) is 11.5. The van der Waals surface area contributed by atoms with Crippen LogP contribution in [-0.4, -0.2) is 29.0 Å². The molecule has 1 heterocycles. The molecule has 0 fully saturated rings. The summed E-state index contributed by atoms with van der Waals surface area (Å²) < 4.78 is 36.7. The molecular weight excluding hydrogens is 305 g/mol. The van der Waals surface area contributed by atoms with E-state index in [1.165, 1.54) is 0 Å². The van der Waals surface area contributed by atoms with Gasteiger partial charge in [-0.15, -0.1) is 0 Å². The number of alkyl halides is 3. The third-order valence-corrected chi connectivity index (χ3v) is 2.54. The highest BCUT2D eigenvalue weighted by Crippen LogP contribution is 2.19. The van der Waals surface area contributed by atoms with Gasteiger partial charge in [0.25, 0.3) is 5.56 Å².